The van der Waals surface area contributed by atoms with E-state index < -0.39 is 0 Å². The van der Waals surface area contributed by atoms with Gasteiger partial charge in [-0.3, -0.25) is 0 Å². The number of nitrogens with zero attached hydrogens (tertiary/aromatic N) is 1. The molecule has 0 aliphatic rings. The zero-order valence-electron chi connectivity index (χ0n) is 10.6. The summed E-state index contributed by atoms with van der Waals surface area (Å²) in [5.74, 6) is 0. The molecule has 0 aliphatic heterocycles. The van der Waals surface area contributed by atoms with Crippen LogP contribution in [0.15, 0.2) is 48.3 Å². The van der Waals surface area contributed by atoms with Crippen molar-refractivity contribution in [1.82, 2.24) is 5.32 Å². The molecule has 1 rings (SSSR count). The molecule has 0 spiro atoms. The zero-order valence-corrected chi connectivity index (χ0v) is 11.4. The summed E-state index contributed by atoms with van der Waals surface area (Å²) in [6.07, 6.45) is 1.70. The molecule has 1 aromatic carbocycles. The molecule has 92 valence electrons. The molecule has 2 nitrogen and oxygen atoms in total. The van der Waals surface area contributed by atoms with Crippen LogP contribution in [0.2, 0.25) is 5.02 Å². The van der Waals surface area contributed by atoms with Crippen LogP contribution in [0.5, 0.6) is 0 Å². The molecule has 0 unspecified atom stereocenters. The highest BCUT2D eigenvalue weighted by molar-refractivity contribution is 6.30. The zero-order chi connectivity index (χ0) is 12.8. The average molecular weight is 251 g/mol. The van der Waals surface area contributed by atoms with Gasteiger partial charge in [-0.1, -0.05) is 29.8 Å². The van der Waals surface area contributed by atoms with Crippen LogP contribution in [0.1, 0.15) is 13.8 Å². The smallest absolute Gasteiger partial charge is 0.0575 e. The maximum atomic E-state index is 5.98. The van der Waals surface area contributed by atoms with Crippen molar-refractivity contribution in [3.05, 3.63) is 53.3 Å². The van der Waals surface area contributed by atoms with Crippen molar-refractivity contribution in [3.8, 4) is 0 Å². The Labute approximate surface area is 109 Å². The summed E-state index contributed by atoms with van der Waals surface area (Å²) in [6.45, 7) is 8.65. The summed E-state index contributed by atoms with van der Waals surface area (Å²) < 4.78 is 0. The Morgan fingerprint density at radius 2 is 2.18 bits per heavy atom. The third kappa shape index (κ3) is 4.16. The minimum atomic E-state index is 0.754. The van der Waals surface area contributed by atoms with E-state index >= 15 is 0 Å². The summed E-state index contributed by atoms with van der Waals surface area (Å²) in [5, 5.41) is 3.92. The number of rotatable bonds is 5. The lowest BCUT2D eigenvalue weighted by molar-refractivity contribution is 0.884. The molecule has 0 aliphatic carbocycles. The van der Waals surface area contributed by atoms with Crippen molar-refractivity contribution in [2.45, 2.75) is 13.8 Å². The normalized spacial score (nSPS) is 9.65. The number of halogens is 1. The minimum absolute atomic E-state index is 0.754. The van der Waals surface area contributed by atoms with Gasteiger partial charge in [0, 0.05) is 23.5 Å². The molecule has 0 heterocycles. The van der Waals surface area contributed by atoms with Crippen LogP contribution >= 0.6 is 11.6 Å². The third-order valence-corrected chi connectivity index (χ3v) is 2.76. The highest BCUT2D eigenvalue weighted by atomic mass is 35.5. The number of allylic oxidation sites excluding steroid dienone is 1. The summed E-state index contributed by atoms with van der Waals surface area (Å²) >= 11 is 5.98. The van der Waals surface area contributed by atoms with Gasteiger partial charge in [0.1, 0.15) is 0 Å². The van der Waals surface area contributed by atoms with E-state index in [1.807, 2.05) is 31.3 Å². The number of benzene rings is 1. The van der Waals surface area contributed by atoms with E-state index in [1.54, 1.807) is 6.20 Å². The first-order valence-corrected chi connectivity index (χ1v) is 5.93. The highest BCUT2D eigenvalue weighted by Crippen LogP contribution is 2.19. The lowest BCUT2D eigenvalue weighted by Crippen LogP contribution is -2.25. The average Bonchev–Trinajstić information content (AvgIpc) is 2.28. The number of anilines is 1. The summed E-state index contributed by atoms with van der Waals surface area (Å²) in [6, 6.07) is 7.83. The van der Waals surface area contributed by atoms with E-state index in [0.29, 0.717) is 0 Å². The molecule has 0 saturated heterocycles. The van der Waals surface area contributed by atoms with E-state index in [4.69, 9.17) is 11.6 Å². The van der Waals surface area contributed by atoms with Gasteiger partial charge in [-0.15, -0.1) is 0 Å². The van der Waals surface area contributed by atoms with Crippen molar-refractivity contribution in [2.24, 2.45) is 0 Å². The van der Waals surface area contributed by atoms with E-state index in [-0.39, 0.29) is 0 Å². The van der Waals surface area contributed by atoms with Gasteiger partial charge < -0.3 is 10.2 Å². The number of likely N-dealkylation sites (N-methyl/N-ethyl adjacent to an activating group) is 1. The Hall–Kier alpha value is -1.41. The molecule has 0 aromatic heterocycles. The Morgan fingerprint density at radius 1 is 1.47 bits per heavy atom. The van der Waals surface area contributed by atoms with Gasteiger partial charge >= 0.3 is 0 Å². The predicted octanol–water partition coefficient (Wildman–Crippen LogP) is 3.80. The van der Waals surface area contributed by atoms with Gasteiger partial charge in [0.25, 0.3) is 0 Å². The second kappa shape index (κ2) is 6.36. The van der Waals surface area contributed by atoms with E-state index in [9.17, 15) is 0 Å². The van der Waals surface area contributed by atoms with Crippen molar-refractivity contribution < 1.29 is 0 Å². The fraction of sp³-hybridized carbons (Fsp3) is 0.286. The van der Waals surface area contributed by atoms with E-state index in [2.05, 4.69) is 30.6 Å². The molecular formula is C14H19ClN2. The number of hydrogen-bond acceptors (Lipinski definition) is 2. The molecule has 0 saturated carbocycles. The second-order valence-corrected chi connectivity index (χ2v) is 4.60. The molecule has 1 aromatic rings. The molecule has 0 bridgehead atoms. The van der Waals surface area contributed by atoms with Crippen molar-refractivity contribution in [1.29, 1.82) is 0 Å². The van der Waals surface area contributed by atoms with Gasteiger partial charge in [-0.05, 0) is 38.2 Å². The van der Waals surface area contributed by atoms with Crippen molar-refractivity contribution >= 4 is 17.3 Å². The standard InChI is InChI=1S/C14H19ClN2/c1-5-16-14(11(2)3)10-17(4)13-8-6-7-12(15)9-13/h5-9,16H,1,10H2,2-4H3. The topological polar surface area (TPSA) is 15.3 Å². The first-order valence-electron chi connectivity index (χ1n) is 5.55. The fourth-order valence-electron chi connectivity index (χ4n) is 1.51. The van der Waals surface area contributed by atoms with Crippen LogP contribution in [0.4, 0.5) is 5.69 Å². The fourth-order valence-corrected chi connectivity index (χ4v) is 1.70. The first-order chi connectivity index (χ1) is 8.04. The lowest BCUT2D eigenvalue weighted by Gasteiger charge is -2.22. The Balaban J connectivity index is 2.81. The van der Waals surface area contributed by atoms with Gasteiger partial charge in [0.2, 0.25) is 0 Å². The van der Waals surface area contributed by atoms with Gasteiger partial charge in [-0.2, -0.15) is 0 Å². The van der Waals surface area contributed by atoms with Crippen LogP contribution in [-0.4, -0.2) is 13.6 Å². The lowest BCUT2D eigenvalue weighted by atomic mass is 10.2. The van der Waals surface area contributed by atoms with Gasteiger partial charge in [0.05, 0.1) is 6.54 Å². The molecule has 0 fully saturated rings. The SMILES string of the molecule is C=CNC(CN(C)c1cccc(Cl)c1)=C(C)C. The third-order valence-electron chi connectivity index (χ3n) is 2.52. The van der Waals surface area contributed by atoms with Crippen molar-refractivity contribution in [3.63, 3.8) is 0 Å². The first kappa shape index (κ1) is 13.7. The van der Waals surface area contributed by atoms with Crippen LogP contribution in [0.25, 0.3) is 0 Å². The Kier molecular flexibility index (Phi) is 5.11. The second-order valence-electron chi connectivity index (χ2n) is 4.16. The Bertz CT molecular complexity index is 420. The van der Waals surface area contributed by atoms with Crippen LogP contribution < -0.4 is 10.2 Å². The predicted molar refractivity (Wildman–Crippen MR) is 76.4 cm³/mol. The van der Waals surface area contributed by atoms with Crippen molar-refractivity contribution in [2.75, 3.05) is 18.5 Å². The maximum absolute atomic E-state index is 5.98. The largest absolute Gasteiger partial charge is 0.369 e. The molecule has 3 heteroatoms. The minimum Gasteiger partial charge on any atom is -0.369 e. The number of hydrogen-bond donors (Lipinski definition) is 1. The molecule has 0 amide bonds. The monoisotopic (exact) mass is 250 g/mol. The van der Waals surface area contributed by atoms with E-state index in [1.165, 1.54) is 5.57 Å². The quantitative estimate of drug-likeness (QED) is 0.855. The molecule has 0 radical (unpaired) electrons. The molecule has 0 atom stereocenters. The molecule has 1 N–H and O–H groups in total. The highest BCUT2D eigenvalue weighted by Gasteiger charge is 2.05. The molecule has 17 heavy (non-hydrogen) atoms. The Morgan fingerprint density at radius 3 is 2.71 bits per heavy atom. The van der Waals surface area contributed by atoms with E-state index in [0.717, 1.165) is 23.0 Å². The van der Waals surface area contributed by atoms with Crippen LogP contribution in [-0.2, 0) is 0 Å². The maximum Gasteiger partial charge on any atom is 0.0575 e. The summed E-state index contributed by atoms with van der Waals surface area (Å²) in [7, 11) is 2.04. The van der Waals surface area contributed by atoms with Gasteiger partial charge in [0.15, 0.2) is 0 Å². The summed E-state index contributed by atoms with van der Waals surface area (Å²) in [5.41, 5.74) is 3.50. The molecular weight excluding hydrogens is 232 g/mol. The van der Waals surface area contributed by atoms with Gasteiger partial charge in [-0.25, -0.2) is 0 Å². The van der Waals surface area contributed by atoms with Crippen LogP contribution in [0, 0.1) is 0 Å². The number of nitrogens with one attached hydrogen (secondary N) is 1. The van der Waals surface area contributed by atoms with Crippen LogP contribution in [0.3, 0.4) is 0 Å². The summed E-state index contributed by atoms with van der Waals surface area (Å²) in [4.78, 5) is 2.14.